The van der Waals surface area contributed by atoms with Gasteiger partial charge in [-0.15, -0.1) is 0 Å². The van der Waals surface area contributed by atoms with Crippen molar-refractivity contribution in [1.82, 2.24) is 0 Å². The van der Waals surface area contributed by atoms with Gasteiger partial charge in [-0.2, -0.15) is 0 Å². The van der Waals surface area contributed by atoms with Gasteiger partial charge in [0.1, 0.15) is 0 Å². The van der Waals surface area contributed by atoms with Crippen LogP contribution in [0.1, 0.15) is 31.9 Å². The van der Waals surface area contributed by atoms with Gasteiger partial charge < -0.3 is 10.5 Å². The van der Waals surface area contributed by atoms with Gasteiger partial charge in [0.2, 0.25) is 0 Å². The molecule has 0 unspecified atom stereocenters. The van der Waals surface area contributed by atoms with Crippen LogP contribution in [-0.2, 0) is 0 Å². The molecule has 0 aliphatic carbocycles. The molecule has 1 aromatic carbocycles. The predicted molar refractivity (Wildman–Crippen MR) is 59.3 cm³/mol. The Hall–Kier alpha value is -1.09. The van der Waals surface area contributed by atoms with Crippen molar-refractivity contribution in [2.75, 3.05) is 7.11 Å². The molecule has 0 radical (unpaired) electrons. The number of nitrogens with two attached hydrogens (primary N) is 1. The average Bonchev–Trinajstić information content (AvgIpc) is 2.17. The summed E-state index contributed by atoms with van der Waals surface area (Å²) < 4.78 is 18.7. The Morgan fingerprint density at radius 2 is 2.07 bits per heavy atom. The summed E-state index contributed by atoms with van der Waals surface area (Å²) in [6, 6.07) is 4.81. The minimum absolute atomic E-state index is 0.256. The Bertz CT molecular complexity index is 325. The molecule has 0 fully saturated rings. The maximum atomic E-state index is 13.8. The lowest BCUT2D eigenvalue weighted by Gasteiger charge is -2.16. The van der Waals surface area contributed by atoms with E-state index in [1.807, 2.05) is 0 Å². The second-order valence-corrected chi connectivity index (χ2v) is 4.10. The molecule has 1 aromatic rings. The van der Waals surface area contributed by atoms with E-state index in [4.69, 9.17) is 10.5 Å². The SMILES string of the molecule is COc1cccc([C@H](N)CC(C)C)c1F. The zero-order valence-electron chi connectivity index (χ0n) is 9.46. The van der Waals surface area contributed by atoms with Crippen LogP contribution in [0, 0.1) is 11.7 Å². The third-order valence-corrected chi connectivity index (χ3v) is 2.34. The quantitative estimate of drug-likeness (QED) is 0.831. The Morgan fingerprint density at radius 3 is 2.60 bits per heavy atom. The van der Waals surface area contributed by atoms with E-state index in [0.717, 1.165) is 6.42 Å². The van der Waals surface area contributed by atoms with Crippen molar-refractivity contribution < 1.29 is 9.13 Å². The lowest BCUT2D eigenvalue weighted by atomic mass is 9.97. The first-order chi connectivity index (χ1) is 7.06. The summed E-state index contributed by atoms with van der Waals surface area (Å²) in [5, 5.41) is 0. The van der Waals surface area contributed by atoms with Crippen LogP contribution in [0.25, 0.3) is 0 Å². The molecule has 1 atom stereocenters. The fourth-order valence-corrected chi connectivity index (χ4v) is 1.61. The van der Waals surface area contributed by atoms with Gasteiger partial charge in [-0.3, -0.25) is 0 Å². The van der Waals surface area contributed by atoms with E-state index >= 15 is 0 Å². The highest BCUT2D eigenvalue weighted by molar-refractivity contribution is 5.32. The second-order valence-electron chi connectivity index (χ2n) is 4.10. The van der Waals surface area contributed by atoms with Crippen molar-refractivity contribution in [1.29, 1.82) is 0 Å². The molecule has 0 saturated carbocycles. The summed E-state index contributed by atoms with van der Waals surface area (Å²) in [5.74, 6) is 0.366. The fourth-order valence-electron chi connectivity index (χ4n) is 1.61. The highest BCUT2D eigenvalue weighted by Gasteiger charge is 2.15. The fraction of sp³-hybridized carbons (Fsp3) is 0.500. The highest BCUT2D eigenvalue weighted by atomic mass is 19.1. The summed E-state index contributed by atoms with van der Waals surface area (Å²) in [6.45, 7) is 4.13. The number of halogens is 1. The number of methoxy groups -OCH3 is 1. The van der Waals surface area contributed by atoms with E-state index in [0.29, 0.717) is 11.5 Å². The highest BCUT2D eigenvalue weighted by Crippen LogP contribution is 2.26. The molecule has 2 nitrogen and oxygen atoms in total. The van der Waals surface area contributed by atoms with E-state index in [9.17, 15) is 4.39 Å². The molecule has 0 spiro atoms. The van der Waals surface area contributed by atoms with Gasteiger partial charge in [0.25, 0.3) is 0 Å². The third kappa shape index (κ3) is 2.93. The molecule has 84 valence electrons. The van der Waals surface area contributed by atoms with Crippen molar-refractivity contribution in [2.45, 2.75) is 26.3 Å². The van der Waals surface area contributed by atoms with E-state index in [1.54, 1.807) is 18.2 Å². The van der Waals surface area contributed by atoms with Gasteiger partial charge in [0.15, 0.2) is 11.6 Å². The predicted octanol–water partition coefficient (Wildman–Crippen LogP) is 2.88. The molecule has 15 heavy (non-hydrogen) atoms. The zero-order valence-corrected chi connectivity index (χ0v) is 9.46. The summed E-state index contributed by atoms with van der Waals surface area (Å²) in [6.07, 6.45) is 0.768. The summed E-state index contributed by atoms with van der Waals surface area (Å²) >= 11 is 0. The second kappa shape index (κ2) is 5.12. The lowest BCUT2D eigenvalue weighted by molar-refractivity contribution is 0.379. The minimum atomic E-state index is -0.340. The largest absolute Gasteiger partial charge is 0.494 e. The maximum absolute atomic E-state index is 13.8. The number of ether oxygens (including phenoxy) is 1. The first-order valence-electron chi connectivity index (χ1n) is 5.14. The maximum Gasteiger partial charge on any atom is 0.169 e. The number of hydrogen-bond acceptors (Lipinski definition) is 2. The molecule has 0 aliphatic rings. The van der Waals surface area contributed by atoms with Gasteiger partial charge in [-0.05, 0) is 18.4 Å². The van der Waals surface area contributed by atoms with Crippen LogP contribution in [0.4, 0.5) is 4.39 Å². The minimum Gasteiger partial charge on any atom is -0.494 e. The van der Waals surface area contributed by atoms with E-state index < -0.39 is 0 Å². The molecule has 0 bridgehead atoms. The van der Waals surface area contributed by atoms with Crippen molar-refractivity contribution in [3.8, 4) is 5.75 Å². The van der Waals surface area contributed by atoms with Gasteiger partial charge in [-0.25, -0.2) is 4.39 Å². The monoisotopic (exact) mass is 211 g/mol. The number of rotatable bonds is 4. The van der Waals surface area contributed by atoms with Gasteiger partial charge >= 0.3 is 0 Å². The van der Waals surface area contributed by atoms with Crippen LogP contribution in [0.2, 0.25) is 0 Å². The van der Waals surface area contributed by atoms with Crippen molar-refractivity contribution in [2.24, 2.45) is 11.7 Å². The summed E-state index contributed by atoms with van der Waals surface area (Å²) in [7, 11) is 1.45. The van der Waals surface area contributed by atoms with E-state index in [2.05, 4.69) is 13.8 Å². The normalized spacial score (nSPS) is 12.9. The molecule has 2 N–H and O–H groups in total. The van der Waals surface area contributed by atoms with Crippen molar-refractivity contribution in [3.05, 3.63) is 29.6 Å². The molecule has 0 saturated heterocycles. The molecule has 3 heteroatoms. The summed E-state index contributed by atoms with van der Waals surface area (Å²) in [4.78, 5) is 0. The van der Waals surface area contributed by atoms with Crippen LogP contribution in [0.3, 0.4) is 0 Å². The van der Waals surface area contributed by atoms with Gasteiger partial charge in [0, 0.05) is 11.6 Å². The Balaban J connectivity index is 2.93. The van der Waals surface area contributed by atoms with Crippen LogP contribution in [0.5, 0.6) is 5.75 Å². The molecule has 0 heterocycles. The molecular formula is C12H18FNO. The van der Waals surface area contributed by atoms with Gasteiger partial charge in [-0.1, -0.05) is 26.0 Å². The Kier molecular flexibility index (Phi) is 4.09. The Labute approximate surface area is 90.2 Å². The van der Waals surface area contributed by atoms with Crippen LogP contribution in [0.15, 0.2) is 18.2 Å². The number of benzene rings is 1. The number of hydrogen-bond donors (Lipinski definition) is 1. The molecule has 0 aromatic heterocycles. The Morgan fingerprint density at radius 1 is 1.40 bits per heavy atom. The zero-order chi connectivity index (χ0) is 11.4. The smallest absolute Gasteiger partial charge is 0.169 e. The van der Waals surface area contributed by atoms with Crippen LogP contribution >= 0.6 is 0 Å². The van der Waals surface area contributed by atoms with E-state index in [-0.39, 0.29) is 17.6 Å². The van der Waals surface area contributed by atoms with Crippen LogP contribution in [-0.4, -0.2) is 7.11 Å². The average molecular weight is 211 g/mol. The van der Waals surface area contributed by atoms with Crippen molar-refractivity contribution >= 4 is 0 Å². The standard InChI is InChI=1S/C12H18FNO/c1-8(2)7-10(14)9-5-4-6-11(15-3)12(9)13/h4-6,8,10H,7,14H2,1-3H3/t10-/m1/s1. The van der Waals surface area contributed by atoms with E-state index in [1.165, 1.54) is 7.11 Å². The van der Waals surface area contributed by atoms with Gasteiger partial charge in [0.05, 0.1) is 7.11 Å². The van der Waals surface area contributed by atoms with Crippen LogP contribution < -0.4 is 10.5 Å². The first kappa shape index (κ1) is 12.0. The topological polar surface area (TPSA) is 35.2 Å². The third-order valence-electron chi connectivity index (χ3n) is 2.34. The molecule has 1 rings (SSSR count). The molecule has 0 amide bonds. The lowest BCUT2D eigenvalue weighted by Crippen LogP contribution is -2.14. The first-order valence-corrected chi connectivity index (χ1v) is 5.14. The summed E-state index contributed by atoms with van der Waals surface area (Å²) in [5.41, 5.74) is 6.46. The molecular weight excluding hydrogens is 193 g/mol. The molecule has 0 aliphatic heterocycles. The van der Waals surface area contributed by atoms with Crippen molar-refractivity contribution in [3.63, 3.8) is 0 Å².